The molecule has 1 spiro atoms. The van der Waals surface area contributed by atoms with Crippen LogP contribution >= 0.6 is 11.3 Å². The molecule has 0 amide bonds. The van der Waals surface area contributed by atoms with E-state index >= 15 is 0 Å². The summed E-state index contributed by atoms with van der Waals surface area (Å²) in [4.78, 5) is 0. The molecule has 3 heteroatoms. The number of para-hydroxylation sites is 1. The van der Waals surface area contributed by atoms with Gasteiger partial charge in [-0.15, -0.1) is 11.3 Å². The minimum absolute atomic E-state index is 0.504. The van der Waals surface area contributed by atoms with E-state index in [1.807, 2.05) is 23.5 Å². The minimum Gasteiger partial charge on any atom is -0.308 e. The van der Waals surface area contributed by atoms with E-state index in [0.29, 0.717) is 5.56 Å². The second-order valence-corrected chi connectivity index (χ2v) is 14.3. The van der Waals surface area contributed by atoms with E-state index in [9.17, 15) is 5.26 Å². The number of fused-ring (bicyclic) bond motifs is 16. The van der Waals surface area contributed by atoms with Crippen LogP contribution < -0.4 is 0 Å². The fourth-order valence-electron chi connectivity index (χ4n) is 9.02. The Balaban J connectivity index is 1.35. The van der Waals surface area contributed by atoms with Crippen LogP contribution in [0.5, 0.6) is 0 Å². The lowest BCUT2D eigenvalue weighted by Crippen LogP contribution is -2.33. The first-order chi connectivity index (χ1) is 23.7. The van der Waals surface area contributed by atoms with E-state index in [1.165, 1.54) is 86.6 Å². The topological polar surface area (TPSA) is 28.7 Å². The Kier molecular flexibility index (Phi) is 4.96. The van der Waals surface area contributed by atoms with E-state index in [-0.39, 0.29) is 0 Å². The van der Waals surface area contributed by atoms with Crippen LogP contribution in [0.4, 0.5) is 0 Å². The van der Waals surface area contributed by atoms with Crippen molar-refractivity contribution in [1.82, 2.24) is 4.57 Å². The maximum atomic E-state index is 9.46. The predicted octanol–water partition coefficient (Wildman–Crippen LogP) is 11.7. The maximum Gasteiger partial charge on any atom is 0.0991 e. The molecule has 0 bridgehead atoms. The molecule has 1 unspecified atom stereocenters. The molecule has 1 aliphatic carbocycles. The van der Waals surface area contributed by atoms with Crippen molar-refractivity contribution in [3.05, 3.63) is 173 Å². The molecule has 2 aliphatic rings. The highest BCUT2D eigenvalue weighted by atomic mass is 32.1. The molecule has 222 valence electrons. The first-order valence-electron chi connectivity index (χ1n) is 16.4. The molecular weight excluding hydrogens is 601 g/mol. The van der Waals surface area contributed by atoms with Gasteiger partial charge in [-0.25, -0.2) is 0 Å². The molecule has 1 aliphatic heterocycles. The summed E-state index contributed by atoms with van der Waals surface area (Å²) in [5, 5.41) is 14.7. The van der Waals surface area contributed by atoms with E-state index in [2.05, 4.69) is 145 Å². The van der Waals surface area contributed by atoms with Gasteiger partial charge in [0.15, 0.2) is 0 Å². The summed E-state index contributed by atoms with van der Waals surface area (Å²) in [6, 6.07) is 53.8. The van der Waals surface area contributed by atoms with Crippen LogP contribution in [0, 0.1) is 18.3 Å². The van der Waals surface area contributed by atoms with Crippen molar-refractivity contribution < 1.29 is 0 Å². The zero-order chi connectivity index (χ0) is 31.7. The van der Waals surface area contributed by atoms with Crippen LogP contribution in [-0.2, 0) is 5.41 Å². The molecule has 0 saturated carbocycles. The van der Waals surface area contributed by atoms with Crippen LogP contribution in [0.15, 0.2) is 140 Å². The van der Waals surface area contributed by atoms with Crippen molar-refractivity contribution in [2.75, 3.05) is 0 Å². The van der Waals surface area contributed by atoms with Gasteiger partial charge in [0, 0.05) is 30.9 Å². The molecule has 7 aromatic carbocycles. The largest absolute Gasteiger partial charge is 0.308 e. The molecule has 0 saturated heterocycles. The van der Waals surface area contributed by atoms with Gasteiger partial charge in [0.1, 0.15) is 0 Å². The molecule has 0 fully saturated rings. The number of rotatable bonds is 1. The summed E-state index contributed by atoms with van der Waals surface area (Å²) in [5.41, 5.74) is 15.4. The molecule has 0 radical (unpaired) electrons. The number of aromatic nitrogens is 1. The van der Waals surface area contributed by atoms with Crippen molar-refractivity contribution >= 4 is 53.3 Å². The number of hydrogen-bond acceptors (Lipinski definition) is 2. The fourth-order valence-corrected chi connectivity index (χ4v) is 10.1. The van der Waals surface area contributed by atoms with Gasteiger partial charge in [-0.1, -0.05) is 103 Å². The first-order valence-corrected chi connectivity index (χ1v) is 17.2. The average Bonchev–Trinajstić information content (AvgIpc) is 3.77. The van der Waals surface area contributed by atoms with Crippen LogP contribution in [0.3, 0.4) is 0 Å². The highest BCUT2D eigenvalue weighted by Gasteiger charge is 2.51. The summed E-state index contributed by atoms with van der Waals surface area (Å²) in [7, 11) is 0. The van der Waals surface area contributed by atoms with Crippen LogP contribution in [0.1, 0.15) is 33.4 Å². The van der Waals surface area contributed by atoms with Crippen LogP contribution in [0.25, 0.3) is 69.9 Å². The summed E-state index contributed by atoms with van der Waals surface area (Å²) >= 11 is 1.88. The quantitative estimate of drug-likeness (QED) is 0.178. The van der Waals surface area contributed by atoms with Crippen molar-refractivity contribution in [2.24, 2.45) is 0 Å². The zero-order valence-electron chi connectivity index (χ0n) is 26.1. The van der Waals surface area contributed by atoms with E-state index in [1.54, 1.807) is 0 Å². The SMILES string of the molecule is Cc1cc2c3c(c1)c1ccc4sc5ccccc5c4c1n3-c1ccccc1C21c2ccccc2-c2ccc(-c3ccc(C#N)cc3)cc21. The predicted molar refractivity (Wildman–Crippen MR) is 199 cm³/mol. The lowest BCUT2D eigenvalue weighted by Gasteiger charge is -2.40. The molecule has 9 aromatic rings. The molecular formula is C45H26N2S. The molecule has 1 atom stereocenters. The van der Waals surface area contributed by atoms with E-state index < -0.39 is 5.41 Å². The Morgan fingerprint density at radius 3 is 2.19 bits per heavy atom. The Bertz CT molecular complexity index is 2910. The highest BCUT2D eigenvalue weighted by Crippen LogP contribution is 2.62. The minimum atomic E-state index is -0.504. The highest BCUT2D eigenvalue weighted by molar-refractivity contribution is 7.26. The maximum absolute atomic E-state index is 9.46. The van der Waals surface area contributed by atoms with Gasteiger partial charge in [-0.3, -0.25) is 0 Å². The fraction of sp³-hybridized carbons (Fsp3) is 0.0444. The Morgan fingerprint density at radius 1 is 0.562 bits per heavy atom. The summed E-state index contributed by atoms with van der Waals surface area (Å²) < 4.78 is 5.23. The number of aryl methyl sites for hydroxylation is 1. The third kappa shape index (κ3) is 3.07. The zero-order valence-corrected chi connectivity index (χ0v) is 26.9. The first kappa shape index (κ1) is 26.2. The van der Waals surface area contributed by atoms with Crippen molar-refractivity contribution in [2.45, 2.75) is 12.3 Å². The normalized spacial score (nSPS) is 15.7. The molecule has 2 aromatic heterocycles. The van der Waals surface area contributed by atoms with Crippen molar-refractivity contribution in [3.8, 4) is 34.0 Å². The molecule has 48 heavy (non-hydrogen) atoms. The summed E-state index contributed by atoms with van der Waals surface area (Å²) in [5.74, 6) is 0. The standard InChI is InChI=1S/C45H26N2S/c1-26-22-34-32-20-21-41-42(33-9-3-7-13-40(33)48-41)44(32)47-39-12-6-5-11-36(39)45(38(23-26)43(34)47)35-10-4-2-8-30(35)31-19-18-29(24-37(31)45)28-16-14-27(25-46)15-17-28/h2-24H,1H3. The Hall–Kier alpha value is -5.95. The number of benzene rings is 7. The van der Waals surface area contributed by atoms with E-state index in [0.717, 1.165) is 11.1 Å². The smallest absolute Gasteiger partial charge is 0.0991 e. The molecule has 11 rings (SSSR count). The summed E-state index contributed by atoms with van der Waals surface area (Å²) in [6.07, 6.45) is 0. The van der Waals surface area contributed by atoms with Crippen molar-refractivity contribution in [3.63, 3.8) is 0 Å². The second-order valence-electron chi connectivity index (χ2n) is 13.2. The molecule has 2 nitrogen and oxygen atoms in total. The lowest BCUT2D eigenvalue weighted by atomic mass is 9.65. The number of nitrogens with zero attached hydrogens (tertiary/aromatic N) is 2. The van der Waals surface area contributed by atoms with Crippen molar-refractivity contribution in [1.29, 1.82) is 5.26 Å². The number of nitriles is 1. The van der Waals surface area contributed by atoms with Gasteiger partial charge in [-0.2, -0.15) is 5.26 Å². The number of hydrogen-bond donors (Lipinski definition) is 0. The number of thiophene rings is 1. The third-order valence-electron chi connectivity index (χ3n) is 10.9. The van der Waals surface area contributed by atoms with Crippen LogP contribution in [0.2, 0.25) is 0 Å². The van der Waals surface area contributed by atoms with Gasteiger partial charge in [0.05, 0.1) is 33.8 Å². The van der Waals surface area contributed by atoms with Gasteiger partial charge in [0.25, 0.3) is 0 Å². The van der Waals surface area contributed by atoms with Gasteiger partial charge < -0.3 is 4.57 Å². The van der Waals surface area contributed by atoms with Gasteiger partial charge in [-0.05, 0) is 93.9 Å². The van der Waals surface area contributed by atoms with Crippen LogP contribution in [-0.4, -0.2) is 4.57 Å². The Morgan fingerprint density at radius 2 is 1.31 bits per heavy atom. The average molecular weight is 627 g/mol. The monoisotopic (exact) mass is 626 g/mol. The van der Waals surface area contributed by atoms with E-state index in [4.69, 9.17) is 0 Å². The van der Waals surface area contributed by atoms with Gasteiger partial charge in [0.2, 0.25) is 0 Å². The lowest BCUT2D eigenvalue weighted by molar-refractivity contribution is 0.748. The molecule has 0 N–H and O–H groups in total. The third-order valence-corrected chi connectivity index (χ3v) is 12.0. The summed E-state index contributed by atoms with van der Waals surface area (Å²) in [6.45, 7) is 2.25. The second kappa shape index (κ2) is 9.10. The molecule has 3 heterocycles. The van der Waals surface area contributed by atoms with Gasteiger partial charge >= 0.3 is 0 Å². The Labute approximate surface area is 281 Å².